The van der Waals surface area contributed by atoms with Crippen molar-refractivity contribution in [2.45, 2.75) is 33.4 Å². The lowest BCUT2D eigenvalue weighted by Crippen LogP contribution is -2.18. The Morgan fingerprint density at radius 3 is 2.38 bits per heavy atom. The predicted molar refractivity (Wildman–Crippen MR) is 55.7 cm³/mol. The van der Waals surface area contributed by atoms with Crippen molar-refractivity contribution in [3.8, 4) is 0 Å². The van der Waals surface area contributed by atoms with E-state index in [9.17, 15) is 18.0 Å². The molecule has 0 saturated heterocycles. The Bertz CT molecular complexity index is 390. The van der Waals surface area contributed by atoms with Crippen LogP contribution in [0.4, 0.5) is 13.2 Å². The zero-order valence-electron chi connectivity index (χ0n) is 9.18. The Labute approximate surface area is 95.5 Å². The highest BCUT2D eigenvalue weighted by molar-refractivity contribution is 7.13. The summed E-state index contributed by atoms with van der Waals surface area (Å²) in [6.07, 6.45) is -4.13. The van der Waals surface area contributed by atoms with Crippen molar-refractivity contribution in [2.24, 2.45) is 5.41 Å². The maximum atomic E-state index is 12.1. The van der Waals surface area contributed by atoms with E-state index in [2.05, 4.69) is 4.98 Å². The summed E-state index contributed by atoms with van der Waals surface area (Å²) in [6, 6.07) is 0. The fraction of sp³-hybridized carbons (Fsp3) is 0.600. The molecule has 0 fully saturated rings. The number of rotatable bonds is 2. The predicted octanol–water partition coefficient (Wildman–Crippen LogP) is 3.48. The van der Waals surface area contributed by atoms with Crippen LogP contribution < -0.4 is 0 Å². The molecule has 1 heterocycles. The highest BCUT2D eigenvalue weighted by Crippen LogP contribution is 2.28. The third-order valence-electron chi connectivity index (χ3n) is 1.81. The van der Waals surface area contributed by atoms with Crippen LogP contribution in [0, 0.1) is 5.41 Å². The Kier molecular flexibility index (Phi) is 3.42. The number of aromatic nitrogens is 1. The molecule has 1 aromatic heterocycles. The molecule has 0 saturated carbocycles. The van der Waals surface area contributed by atoms with Crippen molar-refractivity contribution in [1.82, 2.24) is 4.98 Å². The lowest BCUT2D eigenvalue weighted by molar-refractivity contribution is -0.127. The topological polar surface area (TPSA) is 30.0 Å². The molecule has 16 heavy (non-hydrogen) atoms. The van der Waals surface area contributed by atoms with Crippen molar-refractivity contribution in [3.05, 3.63) is 16.1 Å². The summed E-state index contributed by atoms with van der Waals surface area (Å²) < 4.78 is 36.2. The maximum absolute atomic E-state index is 12.1. The van der Waals surface area contributed by atoms with Gasteiger partial charge in [-0.15, -0.1) is 11.3 Å². The van der Waals surface area contributed by atoms with Gasteiger partial charge in [-0.1, -0.05) is 20.8 Å². The summed E-state index contributed by atoms with van der Waals surface area (Å²) in [7, 11) is 0. The SMILES string of the molecule is CC(C)(C)C(=O)c1cnc(CC(F)(F)F)s1. The molecule has 0 bridgehead atoms. The standard InChI is InChI=1S/C10H12F3NOS/c1-9(2,3)8(15)6-5-14-7(16-6)4-10(11,12)13/h5H,4H2,1-3H3. The normalized spacial score (nSPS) is 12.9. The van der Waals surface area contributed by atoms with Crippen molar-refractivity contribution in [1.29, 1.82) is 0 Å². The molecule has 0 aromatic carbocycles. The number of halogens is 3. The fourth-order valence-electron chi connectivity index (χ4n) is 1.04. The molecule has 0 aliphatic rings. The van der Waals surface area contributed by atoms with Crippen LogP contribution in [-0.2, 0) is 6.42 Å². The fourth-order valence-corrected chi connectivity index (χ4v) is 2.14. The van der Waals surface area contributed by atoms with E-state index in [1.54, 1.807) is 20.8 Å². The second kappa shape index (κ2) is 4.16. The molecule has 0 aliphatic heterocycles. The highest BCUT2D eigenvalue weighted by Gasteiger charge is 2.31. The first kappa shape index (κ1) is 13.2. The van der Waals surface area contributed by atoms with Gasteiger partial charge in [-0.3, -0.25) is 4.79 Å². The van der Waals surface area contributed by atoms with Crippen LogP contribution in [-0.4, -0.2) is 16.9 Å². The van der Waals surface area contributed by atoms with Crippen LogP contribution in [0.5, 0.6) is 0 Å². The quantitative estimate of drug-likeness (QED) is 0.753. The third-order valence-corrected chi connectivity index (χ3v) is 2.81. The minimum Gasteiger partial charge on any atom is -0.293 e. The smallest absolute Gasteiger partial charge is 0.293 e. The number of hydrogen-bond donors (Lipinski definition) is 0. The van der Waals surface area contributed by atoms with E-state index >= 15 is 0 Å². The van der Waals surface area contributed by atoms with E-state index in [-0.39, 0.29) is 15.7 Å². The number of alkyl halides is 3. The second-order valence-electron chi connectivity index (χ2n) is 4.49. The van der Waals surface area contributed by atoms with Crippen LogP contribution in [0.25, 0.3) is 0 Å². The minimum atomic E-state index is -4.28. The van der Waals surface area contributed by atoms with Crippen LogP contribution in [0.15, 0.2) is 6.20 Å². The maximum Gasteiger partial charge on any atom is 0.395 e. The van der Waals surface area contributed by atoms with Gasteiger partial charge in [0.05, 0.1) is 11.3 Å². The largest absolute Gasteiger partial charge is 0.395 e. The second-order valence-corrected chi connectivity index (χ2v) is 5.60. The number of hydrogen-bond acceptors (Lipinski definition) is 3. The Hall–Kier alpha value is -0.910. The Balaban J connectivity index is 2.84. The zero-order valence-corrected chi connectivity index (χ0v) is 10.00. The van der Waals surface area contributed by atoms with Gasteiger partial charge < -0.3 is 0 Å². The van der Waals surface area contributed by atoms with E-state index in [0.29, 0.717) is 0 Å². The average molecular weight is 251 g/mol. The molecule has 90 valence electrons. The summed E-state index contributed by atoms with van der Waals surface area (Å²) in [4.78, 5) is 15.6. The van der Waals surface area contributed by atoms with Gasteiger partial charge in [0.1, 0.15) is 5.01 Å². The molecule has 2 nitrogen and oxygen atoms in total. The first-order chi connectivity index (χ1) is 7.09. The molecule has 1 aromatic rings. The van der Waals surface area contributed by atoms with Crippen LogP contribution in [0.1, 0.15) is 35.5 Å². The monoisotopic (exact) mass is 251 g/mol. The van der Waals surface area contributed by atoms with E-state index in [0.717, 1.165) is 11.3 Å². The molecule has 0 amide bonds. The van der Waals surface area contributed by atoms with Gasteiger partial charge in [-0.25, -0.2) is 4.98 Å². The number of carbonyl (C=O) groups excluding carboxylic acids is 1. The van der Waals surface area contributed by atoms with Crippen molar-refractivity contribution in [3.63, 3.8) is 0 Å². The zero-order chi connectivity index (χ0) is 12.6. The lowest BCUT2D eigenvalue weighted by Gasteiger charge is -2.14. The van der Waals surface area contributed by atoms with E-state index in [1.807, 2.05) is 0 Å². The molecule has 0 radical (unpaired) electrons. The van der Waals surface area contributed by atoms with Crippen LogP contribution >= 0.6 is 11.3 Å². The van der Waals surface area contributed by atoms with E-state index < -0.39 is 18.0 Å². The summed E-state index contributed by atoms with van der Waals surface area (Å²) in [5.74, 6) is -0.182. The molecule has 6 heteroatoms. The summed E-state index contributed by atoms with van der Waals surface area (Å²) >= 11 is 0.814. The molecule has 0 N–H and O–H groups in total. The van der Waals surface area contributed by atoms with E-state index in [1.165, 1.54) is 6.20 Å². The molecule has 1 rings (SSSR count). The molecular formula is C10H12F3NOS. The molecule has 0 spiro atoms. The number of Topliss-reactive ketones (excluding diaryl/α,β-unsaturated/α-hetero) is 1. The van der Waals surface area contributed by atoms with Gasteiger partial charge in [0.15, 0.2) is 5.78 Å². The average Bonchev–Trinajstić information content (AvgIpc) is 2.46. The van der Waals surface area contributed by atoms with Crippen LogP contribution in [0.2, 0.25) is 0 Å². The lowest BCUT2D eigenvalue weighted by atomic mass is 9.90. The number of thiazole rings is 1. The first-order valence-electron chi connectivity index (χ1n) is 4.66. The number of nitrogens with zero attached hydrogens (tertiary/aromatic N) is 1. The number of ketones is 1. The Morgan fingerprint density at radius 1 is 1.38 bits per heavy atom. The summed E-state index contributed by atoms with van der Waals surface area (Å²) in [5, 5.41) is -0.0694. The van der Waals surface area contributed by atoms with Crippen LogP contribution in [0.3, 0.4) is 0 Å². The van der Waals surface area contributed by atoms with Crippen molar-refractivity contribution in [2.75, 3.05) is 0 Å². The Morgan fingerprint density at radius 2 is 1.94 bits per heavy atom. The van der Waals surface area contributed by atoms with Gasteiger partial charge in [0.25, 0.3) is 0 Å². The van der Waals surface area contributed by atoms with Gasteiger partial charge in [-0.2, -0.15) is 13.2 Å². The summed E-state index contributed by atoms with van der Waals surface area (Å²) in [6.45, 7) is 5.16. The van der Waals surface area contributed by atoms with Crippen molar-refractivity contribution >= 4 is 17.1 Å². The van der Waals surface area contributed by atoms with Gasteiger partial charge in [-0.05, 0) is 0 Å². The molecule has 0 atom stereocenters. The summed E-state index contributed by atoms with van der Waals surface area (Å²) in [5.41, 5.74) is -0.595. The number of carbonyl (C=O) groups is 1. The minimum absolute atomic E-state index is 0.0694. The molecular weight excluding hydrogens is 239 g/mol. The van der Waals surface area contributed by atoms with Gasteiger partial charge in [0, 0.05) is 11.6 Å². The molecule has 0 unspecified atom stereocenters. The van der Waals surface area contributed by atoms with Gasteiger partial charge >= 0.3 is 6.18 Å². The third kappa shape index (κ3) is 3.59. The molecule has 0 aliphatic carbocycles. The van der Waals surface area contributed by atoms with Gasteiger partial charge in [0.2, 0.25) is 0 Å². The van der Waals surface area contributed by atoms with E-state index in [4.69, 9.17) is 0 Å². The van der Waals surface area contributed by atoms with Crippen molar-refractivity contribution < 1.29 is 18.0 Å². The first-order valence-corrected chi connectivity index (χ1v) is 5.47. The highest BCUT2D eigenvalue weighted by atomic mass is 32.1.